The van der Waals surface area contributed by atoms with Crippen LogP contribution in [0, 0.1) is 13.8 Å². The average Bonchev–Trinajstić information content (AvgIpc) is 3.00. The standard InChI is InChI=1S/C25H19F3N2O3/c1-15-8-9-17(14-16(15)2)21-22(24(32)30(23(21)31)19-6-4-3-5-7-19)29-18-10-12-20(13-11-18)33-25(26,27)28/h3-14,29H,1-2H3. The van der Waals surface area contributed by atoms with Gasteiger partial charge < -0.3 is 10.1 Å². The minimum absolute atomic E-state index is 0.0385. The highest BCUT2D eigenvalue weighted by Gasteiger charge is 2.40. The molecule has 0 saturated carbocycles. The molecular weight excluding hydrogens is 433 g/mol. The van der Waals surface area contributed by atoms with Crippen LogP contribution in [0.25, 0.3) is 5.57 Å². The number of aryl methyl sites for hydroxylation is 2. The van der Waals surface area contributed by atoms with Crippen LogP contribution in [0.3, 0.4) is 0 Å². The van der Waals surface area contributed by atoms with Crippen LogP contribution in [0.5, 0.6) is 5.75 Å². The number of hydrogen-bond acceptors (Lipinski definition) is 4. The van der Waals surface area contributed by atoms with E-state index >= 15 is 0 Å². The van der Waals surface area contributed by atoms with Gasteiger partial charge in [-0.05, 0) is 66.9 Å². The molecule has 0 fully saturated rings. The van der Waals surface area contributed by atoms with E-state index in [0.717, 1.165) is 28.2 Å². The minimum atomic E-state index is -4.81. The normalized spacial score (nSPS) is 14.2. The van der Waals surface area contributed by atoms with Gasteiger partial charge in [-0.2, -0.15) is 0 Å². The number of imide groups is 1. The average molecular weight is 452 g/mol. The minimum Gasteiger partial charge on any atom is -0.406 e. The van der Waals surface area contributed by atoms with Crippen LogP contribution >= 0.6 is 0 Å². The lowest BCUT2D eigenvalue weighted by atomic mass is 9.99. The Morgan fingerprint density at radius 3 is 2.09 bits per heavy atom. The van der Waals surface area contributed by atoms with Gasteiger partial charge in [-0.25, -0.2) is 4.90 Å². The van der Waals surface area contributed by atoms with Crippen LogP contribution in [-0.2, 0) is 9.59 Å². The Kier molecular flexibility index (Phi) is 5.68. The number of halogens is 3. The predicted octanol–water partition coefficient (Wildman–Crippen LogP) is 5.60. The van der Waals surface area contributed by atoms with Gasteiger partial charge in [0.15, 0.2) is 0 Å². The van der Waals surface area contributed by atoms with Crippen LogP contribution in [0.2, 0.25) is 0 Å². The van der Waals surface area contributed by atoms with E-state index in [4.69, 9.17) is 0 Å². The maximum absolute atomic E-state index is 13.4. The Hall–Kier alpha value is -4.07. The van der Waals surface area contributed by atoms with Gasteiger partial charge in [0.25, 0.3) is 11.8 Å². The fourth-order valence-corrected chi connectivity index (χ4v) is 3.51. The van der Waals surface area contributed by atoms with E-state index in [0.29, 0.717) is 16.9 Å². The van der Waals surface area contributed by atoms with E-state index in [-0.39, 0.29) is 11.3 Å². The first-order chi connectivity index (χ1) is 15.6. The van der Waals surface area contributed by atoms with Crippen molar-refractivity contribution in [2.75, 3.05) is 10.2 Å². The molecule has 0 bridgehead atoms. The second-order valence-corrected chi connectivity index (χ2v) is 7.53. The largest absolute Gasteiger partial charge is 0.573 e. The van der Waals surface area contributed by atoms with Crippen molar-refractivity contribution in [2.24, 2.45) is 0 Å². The van der Waals surface area contributed by atoms with E-state index < -0.39 is 23.9 Å². The van der Waals surface area contributed by atoms with Gasteiger partial charge in [0.05, 0.1) is 11.3 Å². The summed E-state index contributed by atoms with van der Waals surface area (Å²) in [5.74, 6) is -1.44. The molecule has 0 aromatic heterocycles. The third-order valence-corrected chi connectivity index (χ3v) is 5.25. The SMILES string of the molecule is Cc1ccc(C2=C(Nc3ccc(OC(F)(F)F)cc3)C(=O)N(c3ccccc3)C2=O)cc1C. The zero-order chi connectivity index (χ0) is 23.8. The van der Waals surface area contributed by atoms with E-state index in [1.807, 2.05) is 26.0 Å². The summed E-state index contributed by atoms with van der Waals surface area (Å²) in [5.41, 5.74) is 3.52. The molecule has 0 radical (unpaired) electrons. The van der Waals surface area contributed by atoms with Gasteiger partial charge in [-0.15, -0.1) is 13.2 Å². The molecule has 3 aromatic carbocycles. The molecule has 1 N–H and O–H groups in total. The lowest BCUT2D eigenvalue weighted by Gasteiger charge is -2.15. The van der Waals surface area contributed by atoms with Crippen LogP contribution in [-0.4, -0.2) is 18.2 Å². The van der Waals surface area contributed by atoms with Gasteiger partial charge in [-0.3, -0.25) is 9.59 Å². The predicted molar refractivity (Wildman–Crippen MR) is 119 cm³/mol. The summed E-state index contributed by atoms with van der Waals surface area (Å²) in [5, 5.41) is 2.92. The number of para-hydroxylation sites is 1. The summed E-state index contributed by atoms with van der Waals surface area (Å²) in [4.78, 5) is 27.8. The van der Waals surface area contributed by atoms with Crippen LogP contribution in [0.4, 0.5) is 24.5 Å². The molecule has 33 heavy (non-hydrogen) atoms. The van der Waals surface area contributed by atoms with Crippen molar-refractivity contribution in [2.45, 2.75) is 20.2 Å². The first-order valence-electron chi connectivity index (χ1n) is 10.0. The fourth-order valence-electron chi connectivity index (χ4n) is 3.51. The molecule has 2 amide bonds. The summed E-state index contributed by atoms with van der Waals surface area (Å²) < 4.78 is 41.2. The van der Waals surface area contributed by atoms with Gasteiger partial charge in [0, 0.05) is 5.69 Å². The zero-order valence-corrected chi connectivity index (χ0v) is 17.7. The third kappa shape index (κ3) is 4.59. The molecule has 8 heteroatoms. The number of alkyl halides is 3. The Morgan fingerprint density at radius 2 is 1.48 bits per heavy atom. The molecule has 1 aliphatic heterocycles. The number of carbonyl (C=O) groups excluding carboxylic acids is 2. The molecule has 1 heterocycles. The molecule has 0 atom stereocenters. The maximum Gasteiger partial charge on any atom is 0.573 e. The van der Waals surface area contributed by atoms with Crippen molar-refractivity contribution in [3.05, 3.63) is 95.2 Å². The van der Waals surface area contributed by atoms with Gasteiger partial charge in [-0.1, -0.05) is 36.4 Å². The Bertz CT molecular complexity index is 1250. The van der Waals surface area contributed by atoms with Crippen molar-refractivity contribution >= 4 is 28.8 Å². The van der Waals surface area contributed by atoms with E-state index in [1.165, 1.54) is 12.1 Å². The van der Waals surface area contributed by atoms with Crippen molar-refractivity contribution < 1.29 is 27.5 Å². The lowest BCUT2D eigenvalue weighted by molar-refractivity contribution is -0.274. The van der Waals surface area contributed by atoms with Crippen molar-refractivity contribution in [1.29, 1.82) is 0 Å². The number of rotatable bonds is 5. The van der Waals surface area contributed by atoms with Gasteiger partial charge >= 0.3 is 6.36 Å². The number of nitrogens with one attached hydrogen (secondary N) is 1. The second kappa shape index (κ2) is 8.46. The Morgan fingerprint density at radius 1 is 0.818 bits per heavy atom. The lowest BCUT2D eigenvalue weighted by Crippen LogP contribution is -2.32. The molecule has 3 aromatic rings. The Labute approximate surface area is 188 Å². The number of amides is 2. The molecule has 4 rings (SSSR count). The molecule has 0 saturated heterocycles. The second-order valence-electron chi connectivity index (χ2n) is 7.53. The highest BCUT2D eigenvalue weighted by molar-refractivity contribution is 6.46. The van der Waals surface area contributed by atoms with E-state index in [1.54, 1.807) is 36.4 Å². The monoisotopic (exact) mass is 452 g/mol. The van der Waals surface area contributed by atoms with Crippen molar-refractivity contribution in [3.8, 4) is 5.75 Å². The topological polar surface area (TPSA) is 58.6 Å². The fraction of sp³-hybridized carbons (Fsp3) is 0.120. The summed E-state index contributed by atoms with van der Waals surface area (Å²) in [6.07, 6.45) is -4.81. The van der Waals surface area contributed by atoms with Crippen LogP contribution in [0.1, 0.15) is 16.7 Å². The first kappa shape index (κ1) is 22.1. The van der Waals surface area contributed by atoms with Crippen molar-refractivity contribution in [3.63, 3.8) is 0 Å². The number of nitrogens with zero attached hydrogens (tertiary/aromatic N) is 1. The van der Waals surface area contributed by atoms with Gasteiger partial charge in [0.2, 0.25) is 0 Å². The summed E-state index contributed by atoms with van der Waals surface area (Å²) in [7, 11) is 0. The molecule has 5 nitrogen and oxygen atoms in total. The molecule has 0 unspecified atom stereocenters. The highest BCUT2D eigenvalue weighted by Crippen LogP contribution is 2.34. The molecular formula is C25H19F3N2O3. The zero-order valence-electron chi connectivity index (χ0n) is 17.7. The highest BCUT2D eigenvalue weighted by atomic mass is 19.4. The smallest absolute Gasteiger partial charge is 0.406 e. The Balaban J connectivity index is 1.75. The van der Waals surface area contributed by atoms with Crippen LogP contribution < -0.4 is 15.0 Å². The number of hydrogen-bond donors (Lipinski definition) is 1. The third-order valence-electron chi connectivity index (χ3n) is 5.25. The van der Waals surface area contributed by atoms with Gasteiger partial charge in [0.1, 0.15) is 11.4 Å². The molecule has 1 aliphatic rings. The molecule has 0 spiro atoms. The number of benzene rings is 3. The number of anilines is 2. The number of carbonyl (C=O) groups is 2. The maximum atomic E-state index is 13.4. The van der Waals surface area contributed by atoms with Crippen molar-refractivity contribution in [1.82, 2.24) is 0 Å². The van der Waals surface area contributed by atoms with E-state index in [2.05, 4.69) is 10.1 Å². The van der Waals surface area contributed by atoms with Crippen LogP contribution in [0.15, 0.2) is 78.5 Å². The van der Waals surface area contributed by atoms with E-state index in [9.17, 15) is 22.8 Å². The number of ether oxygens (including phenoxy) is 1. The summed E-state index contributed by atoms with van der Waals surface area (Å²) in [6.45, 7) is 3.84. The summed E-state index contributed by atoms with van der Waals surface area (Å²) >= 11 is 0. The quantitative estimate of drug-likeness (QED) is 0.512. The summed E-state index contributed by atoms with van der Waals surface area (Å²) in [6, 6.07) is 18.9. The molecule has 0 aliphatic carbocycles. The molecule has 168 valence electrons. The first-order valence-corrected chi connectivity index (χ1v) is 10.0.